The largest absolute Gasteiger partial charge is 0.469 e. The van der Waals surface area contributed by atoms with Gasteiger partial charge < -0.3 is 9.47 Å². The Morgan fingerprint density at radius 3 is 2.46 bits per heavy atom. The number of hydrogen-bond acceptors (Lipinski definition) is 6. The summed E-state index contributed by atoms with van der Waals surface area (Å²) in [5.74, 6) is -1.48. The maximum atomic E-state index is 13.0. The van der Waals surface area contributed by atoms with E-state index in [2.05, 4.69) is 9.46 Å². The highest BCUT2D eigenvalue weighted by Gasteiger charge is 2.44. The van der Waals surface area contributed by atoms with Gasteiger partial charge in [-0.25, -0.2) is 17.9 Å². The predicted octanol–water partition coefficient (Wildman–Crippen LogP) is 2.18. The predicted molar refractivity (Wildman–Crippen MR) is 95.2 cm³/mol. The lowest BCUT2D eigenvalue weighted by Gasteiger charge is -2.40. The summed E-state index contributed by atoms with van der Waals surface area (Å²) in [4.78, 5) is 23.8. The van der Waals surface area contributed by atoms with Gasteiger partial charge in [0.15, 0.2) is 0 Å². The summed E-state index contributed by atoms with van der Waals surface area (Å²) < 4.78 is 38.1. The van der Waals surface area contributed by atoms with Crippen molar-refractivity contribution >= 4 is 22.0 Å². The third-order valence-electron chi connectivity index (χ3n) is 4.95. The molecule has 26 heavy (non-hydrogen) atoms. The Kier molecular flexibility index (Phi) is 6.08. The Balaban J connectivity index is 2.35. The number of aryl methyl sites for hydroxylation is 1. The van der Waals surface area contributed by atoms with Crippen LogP contribution in [-0.4, -0.2) is 40.1 Å². The Hall–Kier alpha value is -1.93. The van der Waals surface area contributed by atoms with Crippen molar-refractivity contribution in [3.05, 3.63) is 29.3 Å². The van der Waals surface area contributed by atoms with Gasteiger partial charge in [-0.05, 0) is 50.5 Å². The molecule has 0 amide bonds. The first-order valence-corrected chi connectivity index (χ1v) is 9.93. The van der Waals surface area contributed by atoms with Crippen LogP contribution in [0.5, 0.6) is 0 Å². The van der Waals surface area contributed by atoms with Gasteiger partial charge in [0.05, 0.1) is 30.6 Å². The minimum atomic E-state index is -3.88. The van der Waals surface area contributed by atoms with Crippen LogP contribution in [0.3, 0.4) is 0 Å². The van der Waals surface area contributed by atoms with E-state index in [1.54, 1.807) is 13.8 Å². The van der Waals surface area contributed by atoms with Gasteiger partial charge in [-0.2, -0.15) is 0 Å². The van der Waals surface area contributed by atoms with Crippen molar-refractivity contribution in [2.24, 2.45) is 5.92 Å². The number of methoxy groups -OCH3 is 2. The monoisotopic (exact) mass is 383 g/mol. The molecule has 0 radical (unpaired) electrons. The second kappa shape index (κ2) is 7.75. The Labute approximate surface area is 154 Å². The quantitative estimate of drug-likeness (QED) is 0.783. The molecule has 1 aromatic rings. The molecule has 1 aliphatic carbocycles. The van der Waals surface area contributed by atoms with Crippen LogP contribution in [0.4, 0.5) is 0 Å². The van der Waals surface area contributed by atoms with E-state index in [1.807, 2.05) is 0 Å². The van der Waals surface area contributed by atoms with Gasteiger partial charge in [0.2, 0.25) is 10.0 Å². The van der Waals surface area contributed by atoms with Gasteiger partial charge in [0.25, 0.3) is 0 Å². The number of ether oxygens (including phenoxy) is 2. The topological polar surface area (TPSA) is 98.8 Å². The number of sulfonamides is 1. The number of hydrogen-bond donors (Lipinski definition) is 1. The van der Waals surface area contributed by atoms with Crippen molar-refractivity contribution in [3.8, 4) is 0 Å². The van der Waals surface area contributed by atoms with Crippen molar-refractivity contribution in [2.45, 2.75) is 50.0 Å². The molecule has 0 aliphatic heterocycles. The smallest absolute Gasteiger partial charge is 0.337 e. The first-order valence-electron chi connectivity index (χ1n) is 8.45. The van der Waals surface area contributed by atoms with E-state index < -0.39 is 33.4 Å². The Bertz CT molecular complexity index is 804. The minimum absolute atomic E-state index is 0.0700. The highest BCUT2D eigenvalue weighted by molar-refractivity contribution is 7.89. The van der Waals surface area contributed by atoms with Crippen LogP contribution in [0.1, 0.15) is 48.5 Å². The summed E-state index contributed by atoms with van der Waals surface area (Å²) in [7, 11) is -1.31. The number of esters is 2. The molecule has 0 aromatic heterocycles. The fourth-order valence-electron chi connectivity index (χ4n) is 3.53. The fourth-order valence-corrected chi connectivity index (χ4v) is 5.23. The van der Waals surface area contributed by atoms with E-state index in [1.165, 1.54) is 32.4 Å². The molecule has 0 spiro atoms. The van der Waals surface area contributed by atoms with E-state index in [4.69, 9.17) is 4.74 Å². The van der Waals surface area contributed by atoms with Gasteiger partial charge in [-0.3, -0.25) is 4.79 Å². The number of benzene rings is 1. The summed E-state index contributed by atoms with van der Waals surface area (Å²) in [5, 5.41) is 0. The molecule has 0 bridgehead atoms. The average molecular weight is 383 g/mol. The summed E-state index contributed by atoms with van der Waals surface area (Å²) >= 11 is 0. The number of carbonyl (C=O) groups is 2. The summed E-state index contributed by atoms with van der Waals surface area (Å²) in [6.07, 6.45) is 2.80. The van der Waals surface area contributed by atoms with Gasteiger partial charge in [0, 0.05) is 5.54 Å². The maximum Gasteiger partial charge on any atom is 0.337 e. The van der Waals surface area contributed by atoms with Gasteiger partial charge in [-0.1, -0.05) is 12.8 Å². The molecule has 0 saturated heterocycles. The van der Waals surface area contributed by atoms with Crippen LogP contribution in [0, 0.1) is 12.8 Å². The number of rotatable bonds is 5. The van der Waals surface area contributed by atoms with Gasteiger partial charge in [-0.15, -0.1) is 0 Å². The molecule has 0 unspecified atom stereocenters. The first-order chi connectivity index (χ1) is 12.1. The molecule has 2 rings (SSSR count). The van der Waals surface area contributed by atoms with Crippen molar-refractivity contribution in [2.75, 3.05) is 14.2 Å². The van der Waals surface area contributed by atoms with Crippen LogP contribution in [0.2, 0.25) is 0 Å². The molecule has 1 aromatic carbocycles. The summed E-state index contributed by atoms with van der Waals surface area (Å²) in [5.41, 5.74) is -0.216. The fraction of sp³-hybridized carbons (Fsp3) is 0.556. The van der Waals surface area contributed by atoms with Gasteiger partial charge >= 0.3 is 11.9 Å². The highest BCUT2D eigenvalue weighted by atomic mass is 32.2. The standard InChI is InChI=1S/C18H25NO6S/c1-12-11-13(16(20)24-3)8-9-15(12)26(22,23)19-18(2)10-6-5-7-14(18)17(21)25-4/h8-9,11,14,19H,5-7,10H2,1-4H3/t14-,18-/m1/s1. The Morgan fingerprint density at radius 2 is 1.88 bits per heavy atom. The molecule has 1 saturated carbocycles. The molecule has 2 atom stereocenters. The molecular weight excluding hydrogens is 358 g/mol. The molecular formula is C18H25NO6S. The third kappa shape index (κ3) is 4.07. The molecule has 0 heterocycles. The van der Waals surface area contributed by atoms with Crippen LogP contribution >= 0.6 is 0 Å². The molecule has 144 valence electrons. The number of nitrogens with one attached hydrogen (secondary N) is 1. The molecule has 7 nitrogen and oxygen atoms in total. The maximum absolute atomic E-state index is 13.0. The average Bonchev–Trinajstić information content (AvgIpc) is 2.59. The lowest BCUT2D eigenvalue weighted by molar-refractivity contribution is -0.149. The summed E-state index contributed by atoms with van der Waals surface area (Å²) in [6, 6.07) is 4.26. The van der Waals surface area contributed by atoms with Crippen LogP contribution in [-0.2, 0) is 24.3 Å². The molecule has 1 N–H and O–H groups in total. The minimum Gasteiger partial charge on any atom is -0.469 e. The first kappa shape index (κ1) is 20.4. The Morgan fingerprint density at radius 1 is 1.19 bits per heavy atom. The van der Waals surface area contributed by atoms with E-state index in [-0.39, 0.29) is 10.5 Å². The number of carbonyl (C=O) groups excluding carboxylic acids is 2. The molecule has 8 heteroatoms. The van der Waals surface area contributed by atoms with Crippen molar-refractivity contribution < 1.29 is 27.5 Å². The zero-order chi connectivity index (χ0) is 19.5. The SMILES string of the molecule is COC(=O)c1ccc(S(=O)(=O)N[C@]2(C)CCCC[C@@H]2C(=O)OC)c(C)c1. The van der Waals surface area contributed by atoms with Crippen molar-refractivity contribution in [3.63, 3.8) is 0 Å². The normalized spacial score (nSPS) is 23.3. The van der Waals surface area contributed by atoms with E-state index >= 15 is 0 Å². The summed E-state index contributed by atoms with van der Waals surface area (Å²) in [6.45, 7) is 3.35. The van der Waals surface area contributed by atoms with Crippen molar-refractivity contribution in [1.82, 2.24) is 4.72 Å². The van der Waals surface area contributed by atoms with E-state index in [0.717, 1.165) is 12.8 Å². The van der Waals surface area contributed by atoms with Crippen LogP contribution in [0.25, 0.3) is 0 Å². The lowest BCUT2D eigenvalue weighted by atomic mass is 9.74. The second-order valence-electron chi connectivity index (χ2n) is 6.82. The van der Waals surface area contributed by atoms with Crippen molar-refractivity contribution in [1.29, 1.82) is 0 Å². The molecule has 1 fully saturated rings. The van der Waals surface area contributed by atoms with Crippen LogP contribution < -0.4 is 4.72 Å². The van der Waals surface area contributed by atoms with E-state index in [0.29, 0.717) is 18.4 Å². The zero-order valence-electron chi connectivity index (χ0n) is 15.5. The molecule has 1 aliphatic rings. The van der Waals surface area contributed by atoms with Crippen LogP contribution in [0.15, 0.2) is 23.1 Å². The third-order valence-corrected chi connectivity index (χ3v) is 6.72. The van der Waals surface area contributed by atoms with E-state index in [9.17, 15) is 18.0 Å². The van der Waals surface area contributed by atoms with Gasteiger partial charge in [0.1, 0.15) is 0 Å². The second-order valence-corrected chi connectivity index (χ2v) is 8.47. The lowest BCUT2D eigenvalue weighted by Crippen LogP contribution is -2.55. The highest BCUT2D eigenvalue weighted by Crippen LogP contribution is 2.36. The zero-order valence-corrected chi connectivity index (χ0v) is 16.3.